The van der Waals surface area contributed by atoms with Crippen molar-refractivity contribution >= 4 is 15.9 Å². The van der Waals surface area contributed by atoms with E-state index in [1.807, 2.05) is 31.2 Å². The summed E-state index contributed by atoms with van der Waals surface area (Å²) in [5.41, 5.74) is 2.61. The average molecular weight is 308 g/mol. The van der Waals surface area contributed by atoms with Gasteiger partial charge in [-0.15, -0.1) is 0 Å². The predicted octanol–water partition coefficient (Wildman–Crippen LogP) is 3.24. The monoisotopic (exact) mass is 307 g/mol. The third-order valence-corrected chi connectivity index (χ3v) is 3.32. The minimum absolute atomic E-state index is 0.681. The first kappa shape index (κ1) is 13.1. The van der Waals surface area contributed by atoms with Crippen LogP contribution in [0.5, 0.6) is 5.75 Å². The van der Waals surface area contributed by atoms with Gasteiger partial charge in [0, 0.05) is 18.0 Å². The Morgan fingerprint density at radius 3 is 2.61 bits per heavy atom. The smallest absolute Gasteiger partial charge is 0.133 e. The van der Waals surface area contributed by atoms with Crippen LogP contribution in [0.3, 0.4) is 0 Å². The Labute approximate surface area is 115 Å². The van der Waals surface area contributed by atoms with E-state index in [1.165, 1.54) is 0 Å². The van der Waals surface area contributed by atoms with Crippen molar-refractivity contribution in [1.82, 2.24) is 4.98 Å². The molecule has 1 unspecified atom stereocenters. The number of aromatic nitrogens is 1. The highest BCUT2D eigenvalue weighted by molar-refractivity contribution is 9.10. The molecule has 0 saturated carbocycles. The van der Waals surface area contributed by atoms with Gasteiger partial charge in [0.2, 0.25) is 0 Å². The quantitative estimate of drug-likeness (QED) is 0.946. The summed E-state index contributed by atoms with van der Waals surface area (Å²) in [5, 5.41) is 10.3. The van der Waals surface area contributed by atoms with Crippen molar-refractivity contribution < 1.29 is 9.84 Å². The van der Waals surface area contributed by atoms with E-state index in [-0.39, 0.29) is 0 Å². The molecule has 0 bridgehead atoms. The second kappa shape index (κ2) is 5.50. The van der Waals surface area contributed by atoms with Crippen LogP contribution in [-0.4, -0.2) is 17.2 Å². The number of rotatable bonds is 3. The summed E-state index contributed by atoms with van der Waals surface area (Å²) in [6, 6.07) is 7.45. The van der Waals surface area contributed by atoms with Gasteiger partial charge in [0.15, 0.2) is 0 Å². The van der Waals surface area contributed by atoms with Gasteiger partial charge in [-0.2, -0.15) is 0 Å². The van der Waals surface area contributed by atoms with Crippen molar-refractivity contribution in [3.8, 4) is 5.75 Å². The molecule has 94 valence electrons. The molecule has 1 heterocycles. The summed E-state index contributed by atoms with van der Waals surface area (Å²) < 4.78 is 5.99. The van der Waals surface area contributed by atoms with Crippen molar-refractivity contribution in [2.75, 3.05) is 7.11 Å². The molecule has 1 aromatic heterocycles. The highest BCUT2D eigenvalue weighted by atomic mass is 79.9. The maximum atomic E-state index is 10.3. The number of hydrogen-bond donors (Lipinski definition) is 1. The molecule has 0 amide bonds. The van der Waals surface area contributed by atoms with Gasteiger partial charge in [0.25, 0.3) is 0 Å². The van der Waals surface area contributed by atoms with Gasteiger partial charge in [0.1, 0.15) is 11.9 Å². The van der Waals surface area contributed by atoms with Gasteiger partial charge < -0.3 is 9.84 Å². The molecule has 0 fully saturated rings. The van der Waals surface area contributed by atoms with Crippen LogP contribution in [0.4, 0.5) is 0 Å². The minimum Gasteiger partial charge on any atom is -0.496 e. The zero-order valence-electron chi connectivity index (χ0n) is 10.2. The van der Waals surface area contributed by atoms with E-state index in [9.17, 15) is 5.11 Å². The van der Waals surface area contributed by atoms with E-state index in [0.29, 0.717) is 0 Å². The van der Waals surface area contributed by atoms with Crippen LogP contribution in [0.15, 0.2) is 41.1 Å². The lowest BCUT2D eigenvalue weighted by Crippen LogP contribution is -2.01. The Kier molecular flexibility index (Phi) is 3.99. The number of nitrogens with zero attached hydrogens (tertiary/aromatic N) is 1. The van der Waals surface area contributed by atoms with Gasteiger partial charge in [-0.1, -0.05) is 12.1 Å². The molecule has 0 aliphatic carbocycles. The Hall–Kier alpha value is -1.39. The summed E-state index contributed by atoms with van der Waals surface area (Å²) in [6.07, 6.45) is 2.76. The molecule has 2 rings (SSSR count). The predicted molar refractivity (Wildman–Crippen MR) is 73.7 cm³/mol. The summed E-state index contributed by atoms with van der Waals surface area (Å²) in [4.78, 5) is 4.09. The SMILES string of the molecule is COc1ccc(C(O)c2cncc(C)c2)cc1Br. The van der Waals surface area contributed by atoms with E-state index in [4.69, 9.17) is 4.74 Å². The van der Waals surface area contributed by atoms with Crippen molar-refractivity contribution in [1.29, 1.82) is 0 Å². The zero-order chi connectivity index (χ0) is 13.1. The third kappa shape index (κ3) is 2.71. The molecule has 2 aromatic rings. The fraction of sp³-hybridized carbons (Fsp3) is 0.214. The molecule has 4 heteroatoms. The number of benzene rings is 1. The first-order chi connectivity index (χ1) is 8.61. The molecule has 18 heavy (non-hydrogen) atoms. The molecule has 1 N–H and O–H groups in total. The summed E-state index contributed by atoms with van der Waals surface area (Å²) in [7, 11) is 1.61. The van der Waals surface area contributed by atoms with Crippen LogP contribution >= 0.6 is 15.9 Å². The molecule has 3 nitrogen and oxygen atoms in total. The first-order valence-electron chi connectivity index (χ1n) is 5.55. The lowest BCUT2D eigenvalue weighted by Gasteiger charge is -2.13. The molecule has 0 radical (unpaired) electrons. The Morgan fingerprint density at radius 1 is 1.22 bits per heavy atom. The fourth-order valence-corrected chi connectivity index (χ4v) is 2.33. The molecule has 0 aliphatic heterocycles. The molecular weight excluding hydrogens is 294 g/mol. The Bertz CT molecular complexity index is 557. The van der Waals surface area contributed by atoms with Crippen molar-refractivity contribution in [3.63, 3.8) is 0 Å². The Morgan fingerprint density at radius 2 is 2.00 bits per heavy atom. The number of aliphatic hydroxyl groups is 1. The van der Waals surface area contributed by atoms with Gasteiger partial charge in [-0.05, 0) is 46.1 Å². The molecule has 0 aliphatic rings. The number of hydrogen-bond acceptors (Lipinski definition) is 3. The van der Waals surface area contributed by atoms with Crippen molar-refractivity contribution in [3.05, 3.63) is 57.8 Å². The van der Waals surface area contributed by atoms with E-state index in [0.717, 1.165) is 26.9 Å². The highest BCUT2D eigenvalue weighted by Gasteiger charge is 2.12. The fourth-order valence-electron chi connectivity index (χ4n) is 1.77. The first-order valence-corrected chi connectivity index (χ1v) is 6.34. The van der Waals surface area contributed by atoms with E-state index >= 15 is 0 Å². The zero-order valence-corrected chi connectivity index (χ0v) is 11.8. The van der Waals surface area contributed by atoms with Gasteiger partial charge in [-0.3, -0.25) is 4.98 Å². The van der Waals surface area contributed by atoms with E-state index < -0.39 is 6.10 Å². The van der Waals surface area contributed by atoms with Crippen molar-refractivity contribution in [2.24, 2.45) is 0 Å². The lowest BCUT2D eigenvalue weighted by atomic mass is 10.0. The van der Waals surface area contributed by atoms with E-state index in [2.05, 4.69) is 20.9 Å². The van der Waals surface area contributed by atoms with Gasteiger partial charge in [-0.25, -0.2) is 0 Å². The maximum absolute atomic E-state index is 10.3. The lowest BCUT2D eigenvalue weighted by molar-refractivity contribution is 0.219. The number of aliphatic hydroxyl groups excluding tert-OH is 1. The summed E-state index contributed by atoms with van der Waals surface area (Å²) in [6.45, 7) is 1.95. The summed E-state index contributed by atoms with van der Waals surface area (Å²) in [5.74, 6) is 0.744. The van der Waals surface area contributed by atoms with Crippen molar-refractivity contribution in [2.45, 2.75) is 13.0 Å². The molecular formula is C14H14BrNO2. The van der Waals surface area contributed by atoms with Crippen LogP contribution in [-0.2, 0) is 0 Å². The summed E-state index contributed by atoms with van der Waals surface area (Å²) >= 11 is 3.41. The molecule has 0 saturated heterocycles. The largest absolute Gasteiger partial charge is 0.496 e. The minimum atomic E-state index is -0.681. The molecule has 0 spiro atoms. The number of ether oxygens (including phenoxy) is 1. The third-order valence-electron chi connectivity index (χ3n) is 2.70. The van der Waals surface area contributed by atoms with Crippen LogP contribution in [0.2, 0.25) is 0 Å². The van der Waals surface area contributed by atoms with Crippen LogP contribution in [0.1, 0.15) is 22.8 Å². The second-order valence-electron chi connectivity index (χ2n) is 4.09. The number of halogens is 1. The Balaban J connectivity index is 2.34. The van der Waals surface area contributed by atoms with Crippen LogP contribution < -0.4 is 4.74 Å². The topological polar surface area (TPSA) is 42.4 Å². The van der Waals surface area contributed by atoms with E-state index in [1.54, 1.807) is 19.5 Å². The maximum Gasteiger partial charge on any atom is 0.133 e. The van der Waals surface area contributed by atoms with Gasteiger partial charge >= 0.3 is 0 Å². The number of aryl methyl sites for hydroxylation is 1. The molecule has 1 aromatic carbocycles. The molecule has 1 atom stereocenters. The number of methoxy groups -OCH3 is 1. The van der Waals surface area contributed by atoms with Crippen LogP contribution in [0, 0.1) is 6.92 Å². The van der Waals surface area contributed by atoms with Crippen LogP contribution in [0.25, 0.3) is 0 Å². The normalized spacial score (nSPS) is 12.2. The second-order valence-corrected chi connectivity index (χ2v) is 4.95. The number of pyridine rings is 1. The van der Waals surface area contributed by atoms with Gasteiger partial charge in [0.05, 0.1) is 11.6 Å². The average Bonchev–Trinajstić information content (AvgIpc) is 2.37. The highest BCUT2D eigenvalue weighted by Crippen LogP contribution is 2.30. The standard InChI is InChI=1S/C14H14BrNO2/c1-9-5-11(8-16-7-9)14(17)10-3-4-13(18-2)12(15)6-10/h3-8,14,17H,1-2H3.